The molecule has 0 unspecified atom stereocenters. The highest BCUT2D eigenvalue weighted by Crippen LogP contribution is 2.31. The third-order valence-corrected chi connectivity index (χ3v) is 5.11. The normalized spacial score (nSPS) is 18.8. The lowest BCUT2D eigenvalue weighted by Crippen LogP contribution is -2.44. The minimum Gasteiger partial charge on any atom is -0.350 e. The lowest BCUT2D eigenvalue weighted by molar-refractivity contribution is -0.140. The molecule has 2 amide bonds. The number of hydrogen-bond donors (Lipinski definition) is 1. The number of amides is 2. The Hall–Kier alpha value is -1.43. The minimum atomic E-state index is -0.333. The van der Waals surface area contributed by atoms with E-state index in [1.807, 2.05) is 38.0 Å². The average Bonchev–Trinajstić information content (AvgIpc) is 3.00. The van der Waals surface area contributed by atoms with Gasteiger partial charge in [0.2, 0.25) is 11.8 Å². The average molecular weight is 337 g/mol. The van der Waals surface area contributed by atoms with E-state index < -0.39 is 0 Å². The first kappa shape index (κ1) is 17.9. The van der Waals surface area contributed by atoms with Crippen molar-refractivity contribution < 1.29 is 9.59 Å². The van der Waals surface area contributed by atoms with Crippen LogP contribution in [0.5, 0.6) is 0 Å². The summed E-state index contributed by atoms with van der Waals surface area (Å²) < 4.78 is 0. The van der Waals surface area contributed by atoms with Crippen LogP contribution in [0.25, 0.3) is 0 Å². The van der Waals surface area contributed by atoms with Gasteiger partial charge < -0.3 is 10.2 Å². The van der Waals surface area contributed by atoms with E-state index in [0.29, 0.717) is 18.9 Å². The molecule has 23 heavy (non-hydrogen) atoms. The molecule has 1 aromatic heterocycles. The van der Waals surface area contributed by atoms with Crippen LogP contribution in [0.3, 0.4) is 0 Å². The maximum atomic E-state index is 12.5. The van der Waals surface area contributed by atoms with Gasteiger partial charge in [0.15, 0.2) is 0 Å². The number of likely N-dealkylation sites (tertiary alicyclic amines) is 1. The Balaban J connectivity index is 1.98. The van der Waals surface area contributed by atoms with Gasteiger partial charge in [-0.05, 0) is 12.8 Å². The Bertz CT molecular complexity index is 562. The van der Waals surface area contributed by atoms with Gasteiger partial charge in [0, 0.05) is 36.2 Å². The number of piperidine rings is 1. The van der Waals surface area contributed by atoms with Crippen LogP contribution in [0.1, 0.15) is 63.6 Å². The number of carbonyl (C=O) groups excluding carboxylic acids is 2. The van der Waals surface area contributed by atoms with Gasteiger partial charge in [-0.1, -0.05) is 27.7 Å². The predicted octanol–water partition coefficient (Wildman–Crippen LogP) is 2.92. The maximum Gasteiger partial charge on any atom is 0.227 e. The summed E-state index contributed by atoms with van der Waals surface area (Å²) in [5.41, 5.74) is 0.575. The number of nitrogens with one attached hydrogen (secondary N) is 1. The minimum absolute atomic E-state index is 0.0409. The molecule has 0 saturated carbocycles. The first-order valence-corrected chi connectivity index (χ1v) is 9.19. The van der Waals surface area contributed by atoms with E-state index in [2.05, 4.69) is 10.3 Å². The highest BCUT2D eigenvalue weighted by Gasteiger charge is 2.32. The van der Waals surface area contributed by atoms with E-state index in [0.717, 1.165) is 36.6 Å². The van der Waals surface area contributed by atoms with Gasteiger partial charge in [-0.25, -0.2) is 4.98 Å². The summed E-state index contributed by atoms with van der Waals surface area (Å²) in [6, 6.07) is 0. The quantitative estimate of drug-likeness (QED) is 0.919. The Labute approximate surface area is 142 Å². The zero-order chi connectivity index (χ0) is 17.0. The number of thiazole rings is 1. The molecule has 1 aliphatic heterocycles. The Morgan fingerprint density at radius 2 is 2.17 bits per heavy atom. The fourth-order valence-corrected chi connectivity index (χ4v) is 3.69. The van der Waals surface area contributed by atoms with Crippen LogP contribution in [0, 0.1) is 5.41 Å². The van der Waals surface area contributed by atoms with Gasteiger partial charge in [0.05, 0.1) is 17.2 Å². The molecule has 5 nitrogen and oxygen atoms in total. The summed E-state index contributed by atoms with van der Waals surface area (Å²) in [6.45, 7) is 9.83. The first-order chi connectivity index (χ1) is 10.8. The van der Waals surface area contributed by atoms with Gasteiger partial charge in [0.25, 0.3) is 0 Å². The molecular weight excluding hydrogens is 310 g/mol. The van der Waals surface area contributed by atoms with Crippen molar-refractivity contribution in [2.75, 3.05) is 13.1 Å². The highest BCUT2D eigenvalue weighted by molar-refractivity contribution is 7.09. The molecule has 6 heteroatoms. The molecule has 1 atom stereocenters. The van der Waals surface area contributed by atoms with Crippen molar-refractivity contribution in [3.63, 3.8) is 0 Å². The first-order valence-electron chi connectivity index (χ1n) is 8.31. The van der Waals surface area contributed by atoms with E-state index in [4.69, 9.17) is 0 Å². The number of carbonyl (C=O) groups is 2. The molecule has 1 aliphatic rings. The molecule has 0 bridgehead atoms. The molecule has 1 saturated heterocycles. The molecule has 2 heterocycles. The van der Waals surface area contributed by atoms with Crippen LogP contribution in [0.4, 0.5) is 0 Å². The third-order valence-electron chi connectivity index (χ3n) is 4.06. The number of nitrogens with zero attached hydrogens (tertiary/aromatic N) is 2. The van der Waals surface area contributed by atoms with Crippen molar-refractivity contribution in [1.82, 2.24) is 15.2 Å². The second kappa shape index (κ2) is 7.43. The van der Waals surface area contributed by atoms with Gasteiger partial charge in [0.1, 0.15) is 0 Å². The van der Waals surface area contributed by atoms with Crippen molar-refractivity contribution >= 4 is 23.2 Å². The van der Waals surface area contributed by atoms with E-state index in [1.54, 1.807) is 11.3 Å². The van der Waals surface area contributed by atoms with E-state index in [1.165, 1.54) is 0 Å². The van der Waals surface area contributed by atoms with E-state index in [9.17, 15) is 9.59 Å². The number of aromatic nitrogens is 1. The molecule has 2 rings (SSSR count). The van der Waals surface area contributed by atoms with Gasteiger partial charge >= 0.3 is 0 Å². The van der Waals surface area contributed by atoms with Gasteiger partial charge in [-0.3, -0.25) is 9.59 Å². The van der Waals surface area contributed by atoms with Crippen molar-refractivity contribution in [2.24, 2.45) is 5.41 Å². The summed E-state index contributed by atoms with van der Waals surface area (Å²) >= 11 is 1.64. The zero-order valence-corrected chi connectivity index (χ0v) is 15.3. The fourth-order valence-electron chi connectivity index (χ4n) is 2.74. The largest absolute Gasteiger partial charge is 0.350 e. The van der Waals surface area contributed by atoms with Crippen LogP contribution in [-0.4, -0.2) is 34.8 Å². The third kappa shape index (κ3) is 4.77. The fraction of sp³-hybridized carbons (Fsp3) is 0.706. The van der Waals surface area contributed by atoms with Crippen molar-refractivity contribution in [3.05, 3.63) is 16.1 Å². The second-order valence-corrected chi connectivity index (χ2v) is 8.04. The van der Waals surface area contributed by atoms with Crippen molar-refractivity contribution in [2.45, 2.75) is 59.4 Å². The lowest BCUT2D eigenvalue weighted by Gasteiger charge is -2.35. The molecule has 0 radical (unpaired) electrons. The summed E-state index contributed by atoms with van der Waals surface area (Å²) in [4.78, 5) is 30.4. The molecular formula is C17H27N3O2S. The van der Waals surface area contributed by atoms with Crippen LogP contribution in [0.15, 0.2) is 5.38 Å². The Morgan fingerprint density at radius 1 is 1.43 bits per heavy atom. The maximum absolute atomic E-state index is 12.5. The van der Waals surface area contributed by atoms with Gasteiger partial charge in [-0.2, -0.15) is 0 Å². The number of rotatable bonds is 4. The van der Waals surface area contributed by atoms with Gasteiger partial charge in [-0.15, -0.1) is 11.3 Å². The summed E-state index contributed by atoms with van der Waals surface area (Å²) in [7, 11) is 0. The number of hydrogen-bond acceptors (Lipinski definition) is 4. The highest BCUT2D eigenvalue weighted by atomic mass is 32.1. The smallest absolute Gasteiger partial charge is 0.227 e. The molecule has 0 aromatic carbocycles. The monoisotopic (exact) mass is 337 g/mol. The summed E-state index contributed by atoms with van der Waals surface area (Å²) in [5.74, 6) is 0.573. The zero-order valence-electron chi connectivity index (χ0n) is 14.5. The molecule has 1 aromatic rings. The molecule has 0 aliphatic carbocycles. The van der Waals surface area contributed by atoms with Crippen molar-refractivity contribution in [1.29, 1.82) is 0 Å². The SMILES string of the molecule is CCC(=O)NCc1csc([C@@H]2CCCN(C(=O)C(C)(C)C)C2)n1. The summed E-state index contributed by atoms with van der Waals surface area (Å²) in [6.07, 6.45) is 2.58. The van der Waals surface area contributed by atoms with Crippen LogP contribution in [0.2, 0.25) is 0 Å². The molecule has 0 spiro atoms. The predicted molar refractivity (Wildman–Crippen MR) is 92.3 cm³/mol. The lowest BCUT2D eigenvalue weighted by atomic mass is 9.91. The van der Waals surface area contributed by atoms with Crippen molar-refractivity contribution in [3.8, 4) is 0 Å². The topological polar surface area (TPSA) is 62.3 Å². The molecule has 1 N–H and O–H groups in total. The van der Waals surface area contributed by atoms with Crippen LogP contribution in [-0.2, 0) is 16.1 Å². The second-order valence-electron chi connectivity index (χ2n) is 7.15. The Morgan fingerprint density at radius 3 is 2.83 bits per heavy atom. The standard InChI is InChI=1S/C17H27N3O2S/c1-5-14(21)18-9-13-11-23-15(19-13)12-7-6-8-20(10-12)16(22)17(2,3)4/h11-12H,5-10H2,1-4H3,(H,18,21)/t12-/m1/s1. The van der Waals surface area contributed by atoms with E-state index in [-0.39, 0.29) is 17.2 Å². The summed E-state index contributed by atoms with van der Waals surface area (Å²) in [5, 5.41) is 5.94. The van der Waals surface area contributed by atoms with Crippen LogP contribution < -0.4 is 5.32 Å². The van der Waals surface area contributed by atoms with E-state index >= 15 is 0 Å². The molecule has 128 valence electrons. The van der Waals surface area contributed by atoms with Crippen LogP contribution >= 0.6 is 11.3 Å². The molecule has 1 fully saturated rings. The Kier molecular flexibility index (Phi) is 5.79.